The number of aromatic hydroxyl groups is 1. The number of phenols is 1. The highest BCUT2D eigenvalue weighted by atomic mass is 32.2. The molecule has 6 heteroatoms. The van der Waals surface area contributed by atoms with Crippen molar-refractivity contribution in [3.05, 3.63) is 58.5 Å². The average molecular weight is 501 g/mol. The predicted octanol–water partition coefficient (Wildman–Crippen LogP) is 5.83. The Morgan fingerprint density at radius 3 is 2.42 bits per heavy atom. The number of benzene rings is 2. The number of morpholine rings is 1. The van der Waals surface area contributed by atoms with Crippen LogP contribution in [0.3, 0.4) is 0 Å². The van der Waals surface area contributed by atoms with Gasteiger partial charge in [-0.05, 0) is 120 Å². The Kier molecular flexibility index (Phi) is 5.51. The number of carbonyl (C=O) groups is 1. The lowest BCUT2D eigenvalue weighted by Crippen LogP contribution is -2.48. The number of amides is 1. The fraction of sp³-hybridized carbons (Fsp3) is 0.467. The van der Waals surface area contributed by atoms with Crippen LogP contribution in [0.15, 0.2) is 52.4 Å². The fourth-order valence-corrected chi connectivity index (χ4v) is 8.76. The molecule has 36 heavy (non-hydrogen) atoms. The summed E-state index contributed by atoms with van der Waals surface area (Å²) in [4.78, 5) is 19.7. The summed E-state index contributed by atoms with van der Waals surface area (Å²) < 4.78 is 5.43. The molecule has 0 aromatic heterocycles. The molecule has 0 atom stereocenters. The molecule has 5 nitrogen and oxygen atoms in total. The zero-order chi connectivity index (χ0) is 24.3. The molecule has 5 fully saturated rings. The van der Waals surface area contributed by atoms with E-state index < -0.39 is 0 Å². The zero-order valence-electron chi connectivity index (χ0n) is 20.5. The van der Waals surface area contributed by atoms with E-state index in [2.05, 4.69) is 28.1 Å². The molecule has 6 aliphatic rings. The summed E-state index contributed by atoms with van der Waals surface area (Å²) in [7, 11) is 0. The number of ether oxygens (including phenoxy) is 1. The third-order valence-corrected chi connectivity index (χ3v) is 10.0. The van der Waals surface area contributed by atoms with Crippen molar-refractivity contribution >= 4 is 28.9 Å². The highest BCUT2D eigenvalue weighted by Gasteiger charge is 2.51. The van der Waals surface area contributed by atoms with E-state index in [0.717, 1.165) is 52.7 Å². The van der Waals surface area contributed by atoms with E-state index in [4.69, 9.17) is 4.74 Å². The topological polar surface area (TPSA) is 62.1 Å². The second kappa shape index (κ2) is 8.77. The van der Waals surface area contributed by atoms with Gasteiger partial charge in [-0.2, -0.15) is 4.99 Å². The van der Waals surface area contributed by atoms with Crippen molar-refractivity contribution in [3.63, 3.8) is 0 Å². The Morgan fingerprint density at radius 1 is 0.972 bits per heavy atom. The van der Waals surface area contributed by atoms with Crippen LogP contribution in [0.1, 0.15) is 49.7 Å². The Morgan fingerprint density at radius 2 is 1.69 bits per heavy atom. The highest BCUT2D eigenvalue weighted by molar-refractivity contribution is 8.18. The van der Waals surface area contributed by atoms with Gasteiger partial charge in [-0.1, -0.05) is 24.3 Å². The van der Waals surface area contributed by atoms with Crippen LogP contribution in [0.2, 0.25) is 0 Å². The third kappa shape index (κ3) is 4.08. The van der Waals surface area contributed by atoms with Crippen molar-refractivity contribution in [3.8, 4) is 16.9 Å². The molecule has 4 bridgehead atoms. The summed E-state index contributed by atoms with van der Waals surface area (Å²) in [5.74, 6) is 2.77. The molecule has 2 aliphatic heterocycles. The van der Waals surface area contributed by atoms with Crippen LogP contribution in [0.4, 0.5) is 0 Å². The molecule has 8 rings (SSSR count). The second-order valence-electron chi connectivity index (χ2n) is 11.5. The van der Waals surface area contributed by atoms with Gasteiger partial charge in [0, 0.05) is 13.1 Å². The number of phenolic OH excluding ortho intramolecular Hbond substituents is 1. The molecule has 1 amide bonds. The first-order valence-corrected chi connectivity index (χ1v) is 14.1. The van der Waals surface area contributed by atoms with Crippen LogP contribution in [-0.4, -0.2) is 47.4 Å². The third-order valence-electron chi connectivity index (χ3n) is 8.98. The number of aliphatic imine (C=N–C) groups is 1. The van der Waals surface area contributed by atoms with E-state index in [1.807, 2.05) is 30.3 Å². The predicted molar refractivity (Wildman–Crippen MR) is 144 cm³/mol. The van der Waals surface area contributed by atoms with Gasteiger partial charge in [0.25, 0.3) is 5.91 Å². The Labute approximate surface area is 216 Å². The van der Waals surface area contributed by atoms with E-state index >= 15 is 0 Å². The smallest absolute Gasteiger partial charge is 0.286 e. The highest BCUT2D eigenvalue weighted by Crippen LogP contribution is 2.61. The minimum Gasteiger partial charge on any atom is -0.508 e. The molecule has 0 spiro atoms. The quantitative estimate of drug-likeness (QED) is 0.538. The van der Waals surface area contributed by atoms with Crippen molar-refractivity contribution < 1.29 is 14.6 Å². The number of carbonyl (C=O) groups excluding carboxylic acids is 1. The summed E-state index contributed by atoms with van der Waals surface area (Å²) >= 11 is 1.45. The molecule has 186 valence electrons. The van der Waals surface area contributed by atoms with Crippen molar-refractivity contribution in [2.24, 2.45) is 22.7 Å². The average Bonchev–Trinajstić information content (AvgIpc) is 3.23. The van der Waals surface area contributed by atoms with Gasteiger partial charge in [0.2, 0.25) is 0 Å². The lowest BCUT2D eigenvalue weighted by Gasteiger charge is -2.57. The van der Waals surface area contributed by atoms with Gasteiger partial charge in [-0.25, -0.2) is 0 Å². The number of amidine groups is 1. The summed E-state index contributed by atoms with van der Waals surface area (Å²) in [5, 5.41) is 11.5. The Hall–Kier alpha value is -2.57. The molecule has 1 saturated heterocycles. The minimum absolute atomic E-state index is 0.173. The Bertz CT molecular complexity index is 1240. The molecule has 2 aromatic rings. The van der Waals surface area contributed by atoms with E-state index in [1.165, 1.54) is 55.9 Å². The molecule has 2 aromatic carbocycles. The zero-order valence-corrected chi connectivity index (χ0v) is 21.3. The Balaban J connectivity index is 1.16. The molecule has 4 aliphatic carbocycles. The molecular formula is C30H32N2O3S. The maximum absolute atomic E-state index is 12.6. The number of hydrogen-bond acceptors (Lipinski definition) is 5. The lowest BCUT2D eigenvalue weighted by atomic mass is 9.48. The van der Waals surface area contributed by atoms with E-state index in [9.17, 15) is 9.90 Å². The molecule has 0 unspecified atom stereocenters. The van der Waals surface area contributed by atoms with Crippen LogP contribution in [0.25, 0.3) is 17.2 Å². The molecule has 2 heterocycles. The van der Waals surface area contributed by atoms with Crippen molar-refractivity contribution in [2.75, 3.05) is 26.3 Å². The maximum atomic E-state index is 12.6. The summed E-state index contributed by atoms with van der Waals surface area (Å²) in [6.45, 7) is 2.88. The summed E-state index contributed by atoms with van der Waals surface area (Å²) in [6, 6.07) is 14.5. The molecule has 4 saturated carbocycles. The van der Waals surface area contributed by atoms with Crippen LogP contribution < -0.4 is 0 Å². The number of nitrogens with zero attached hydrogens (tertiary/aromatic N) is 2. The first-order chi connectivity index (χ1) is 17.5. The van der Waals surface area contributed by atoms with Gasteiger partial charge in [-0.15, -0.1) is 0 Å². The number of hydrogen-bond donors (Lipinski definition) is 1. The SMILES string of the molecule is O=C1N=C(N2CCOCC2)S/C1=C/c1cccc(-c2cc(O)cc(C34CC5CC(CC(C5)C3)C4)c2)c1. The lowest BCUT2D eigenvalue weighted by molar-refractivity contribution is -0.113. The normalized spacial score (nSPS) is 32.4. The standard InChI is InChI=1S/C30H32N2O3S/c33-26-14-24(13-25(15-26)30-16-20-8-21(17-30)10-22(9-20)18-30)23-3-1-2-19(11-23)12-27-28(34)31-29(36-27)32-4-6-35-7-5-32/h1-3,11-15,20-22,33H,4-10,16-18H2/b27-12+. The monoisotopic (exact) mass is 500 g/mol. The van der Waals surface area contributed by atoms with Gasteiger partial charge in [-0.3, -0.25) is 4.79 Å². The largest absolute Gasteiger partial charge is 0.508 e. The van der Waals surface area contributed by atoms with Crippen LogP contribution in [0, 0.1) is 17.8 Å². The first-order valence-electron chi connectivity index (χ1n) is 13.3. The number of rotatable bonds is 3. The second-order valence-corrected chi connectivity index (χ2v) is 12.5. The van der Waals surface area contributed by atoms with Crippen molar-refractivity contribution in [1.82, 2.24) is 4.90 Å². The minimum atomic E-state index is -0.173. The van der Waals surface area contributed by atoms with Gasteiger partial charge in [0.15, 0.2) is 5.17 Å². The van der Waals surface area contributed by atoms with Crippen LogP contribution >= 0.6 is 11.8 Å². The van der Waals surface area contributed by atoms with Gasteiger partial charge in [0.05, 0.1) is 18.1 Å². The maximum Gasteiger partial charge on any atom is 0.286 e. The van der Waals surface area contributed by atoms with Crippen LogP contribution in [-0.2, 0) is 14.9 Å². The van der Waals surface area contributed by atoms with E-state index in [1.54, 1.807) is 0 Å². The first kappa shape index (κ1) is 22.6. The molecule has 1 N–H and O–H groups in total. The number of thioether (sulfide) groups is 1. The summed E-state index contributed by atoms with van der Waals surface area (Å²) in [6.07, 6.45) is 10.0. The van der Waals surface area contributed by atoms with Gasteiger partial charge in [0.1, 0.15) is 5.75 Å². The van der Waals surface area contributed by atoms with Gasteiger partial charge >= 0.3 is 0 Å². The van der Waals surface area contributed by atoms with E-state index in [-0.39, 0.29) is 11.3 Å². The fourth-order valence-electron chi connectivity index (χ4n) is 7.80. The van der Waals surface area contributed by atoms with Crippen molar-refractivity contribution in [1.29, 1.82) is 0 Å². The summed E-state index contributed by atoms with van der Waals surface area (Å²) in [5.41, 5.74) is 4.65. The van der Waals surface area contributed by atoms with E-state index in [0.29, 0.717) is 23.9 Å². The molecule has 0 radical (unpaired) electrons. The molecular weight excluding hydrogens is 468 g/mol. The van der Waals surface area contributed by atoms with Crippen molar-refractivity contribution in [2.45, 2.75) is 43.9 Å². The van der Waals surface area contributed by atoms with Gasteiger partial charge < -0.3 is 14.7 Å². The van der Waals surface area contributed by atoms with Crippen LogP contribution in [0.5, 0.6) is 5.75 Å².